The van der Waals surface area contributed by atoms with E-state index in [1.807, 2.05) is 12.1 Å². The predicted octanol–water partition coefficient (Wildman–Crippen LogP) is 4.80. The Labute approximate surface area is 133 Å². The Morgan fingerprint density at radius 2 is 1.90 bits per heavy atom. The average molecular weight is 347 g/mol. The van der Waals surface area contributed by atoms with E-state index in [9.17, 15) is 4.79 Å². The summed E-state index contributed by atoms with van der Waals surface area (Å²) in [5.41, 5.74) is 8.98. The number of nitrogens with two attached hydrogens (primary N) is 1. The highest BCUT2D eigenvalue weighted by Crippen LogP contribution is 2.23. The Morgan fingerprint density at radius 1 is 1.24 bits per heavy atom. The SMILES string of the molecule is CCC(C)c1ccc(NC(=O)c2ccc(N)c(Br)c2)cc1. The van der Waals surface area contributed by atoms with E-state index in [1.54, 1.807) is 18.2 Å². The van der Waals surface area contributed by atoms with Crippen LogP contribution in [0.5, 0.6) is 0 Å². The third-order valence-electron chi connectivity index (χ3n) is 3.61. The molecule has 0 bridgehead atoms. The smallest absolute Gasteiger partial charge is 0.255 e. The van der Waals surface area contributed by atoms with Crippen molar-refractivity contribution in [3.05, 3.63) is 58.1 Å². The molecule has 2 rings (SSSR count). The largest absolute Gasteiger partial charge is 0.398 e. The molecular weight excluding hydrogens is 328 g/mol. The van der Waals surface area contributed by atoms with Gasteiger partial charge in [0.15, 0.2) is 0 Å². The minimum absolute atomic E-state index is 0.146. The van der Waals surface area contributed by atoms with Crippen LogP contribution in [0.3, 0.4) is 0 Å². The Hall–Kier alpha value is -1.81. The van der Waals surface area contributed by atoms with Crippen molar-refractivity contribution in [1.82, 2.24) is 0 Å². The molecule has 1 amide bonds. The Bertz CT molecular complexity index is 638. The number of nitrogens with one attached hydrogen (secondary N) is 1. The van der Waals surface area contributed by atoms with E-state index in [1.165, 1.54) is 5.56 Å². The summed E-state index contributed by atoms with van der Waals surface area (Å²) < 4.78 is 0.724. The lowest BCUT2D eigenvalue weighted by atomic mass is 9.98. The molecule has 3 N–H and O–H groups in total. The van der Waals surface area contributed by atoms with E-state index in [4.69, 9.17) is 5.73 Å². The van der Waals surface area contributed by atoms with Crippen LogP contribution in [-0.4, -0.2) is 5.91 Å². The molecule has 1 unspecified atom stereocenters. The molecule has 0 aliphatic carbocycles. The number of rotatable bonds is 4. The molecule has 21 heavy (non-hydrogen) atoms. The normalized spacial score (nSPS) is 12.0. The highest BCUT2D eigenvalue weighted by atomic mass is 79.9. The maximum absolute atomic E-state index is 12.2. The molecule has 0 spiro atoms. The molecule has 4 heteroatoms. The van der Waals surface area contributed by atoms with Gasteiger partial charge in [-0.2, -0.15) is 0 Å². The molecule has 0 heterocycles. The Morgan fingerprint density at radius 3 is 2.48 bits per heavy atom. The number of amides is 1. The van der Waals surface area contributed by atoms with Crippen LogP contribution in [0.2, 0.25) is 0 Å². The van der Waals surface area contributed by atoms with Crippen molar-refractivity contribution in [3.63, 3.8) is 0 Å². The van der Waals surface area contributed by atoms with Gasteiger partial charge in [0, 0.05) is 21.4 Å². The minimum Gasteiger partial charge on any atom is -0.398 e. The summed E-state index contributed by atoms with van der Waals surface area (Å²) in [5.74, 6) is 0.384. The number of halogens is 1. The van der Waals surface area contributed by atoms with Crippen molar-refractivity contribution in [2.75, 3.05) is 11.1 Å². The van der Waals surface area contributed by atoms with Crippen LogP contribution in [0, 0.1) is 0 Å². The lowest BCUT2D eigenvalue weighted by Gasteiger charge is -2.11. The van der Waals surface area contributed by atoms with Gasteiger partial charge in [-0.25, -0.2) is 0 Å². The van der Waals surface area contributed by atoms with Crippen LogP contribution in [0.15, 0.2) is 46.9 Å². The van der Waals surface area contributed by atoms with E-state index < -0.39 is 0 Å². The molecule has 0 saturated carbocycles. The molecule has 110 valence electrons. The monoisotopic (exact) mass is 346 g/mol. The first-order valence-corrected chi connectivity index (χ1v) is 7.77. The number of carbonyl (C=O) groups excluding carboxylic acids is 1. The van der Waals surface area contributed by atoms with Crippen LogP contribution < -0.4 is 11.1 Å². The van der Waals surface area contributed by atoms with Crippen molar-refractivity contribution in [2.24, 2.45) is 0 Å². The fraction of sp³-hybridized carbons (Fsp3) is 0.235. The highest BCUT2D eigenvalue weighted by molar-refractivity contribution is 9.10. The molecule has 0 fully saturated rings. The first-order chi connectivity index (χ1) is 10.0. The van der Waals surface area contributed by atoms with Gasteiger partial charge in [0.1, 0.15) is 0 Å². The van der Waals surface area contributed by atoms with Gasteiger partial charge >= 0.3 is 0 Å². The van der Waals surface area contributed by atoms with E-state index in [0.29, 0.717) is 17.2 Å². The topological polar surface area (TPSA) is 55.1 Å². The number of benzene rings is 2. The van der Waals surface area contributed by atoms with E-state index >= 15 is 0 Å². The molecule has 3 nitrogen and oxygen atoms in total. The first-order valence-electron chi connectivity index (χ1n) is 6.97. The average Bonchev–Trinajstić information content (AvgIpc) is 2.50. The van der Waals surface area contributed by atoms with Crippen molar-refractivity contribution in [1.29, 1.82) is 0 Å². The number of hydrogen-bond acceptors (Lipinski definition) is 2. The second-order valence-electron chi connectivity index (χ2n) is 5.12. The Kier molecular flexibility index (Phi) is 5.02. The second kappa shape index (κ2) is 6.76. The molecule has 2 aromatic carbocycles. The fourth-order valence-corrected chi connectivity index (χ4v) is 2.38. The molecule has 1 atom stereocenters. The summed E-state index contributed by atoms with van der Waals surface area (Å²) in [5, 5.41) is 2.89. The van der Waals surface area contributed by atoms with E-state index in [0.717, 1.165) is 16.6 Å². The van der Waals surface area contributed by atoms with Crippen LogP contribution in [-0.2, 0) is 0 Å². The van der Waals surface area contributed by atoms with E-state index in [-0.39, 0.29) is 5.91 Å². The zero-order valence-electron chi connectivity index (χ0n) is 12.2. The number of anilines is 2. The summed E-state index contributed by atoms with van der Waals surface area (Å²) in [6.07, 6.45) is 1.10. The third-order valence-corrected chi connectivity index (χ3v) is 4.30. The molecule has 0 aliphatic heterocycles. The van der Waals surface area contributed by atoms with Crippen LogP contribution >= 0.6 is 15.9 Å². The minimum atomic E-state index is -0.146. The second-order valence-corrected chi connectivity index (χ2v) is 5.98. The molecule has 0 aliphatic rings. The number of hydrogen-bond donors (Lipinski definition) is 2. The van der Waals surface area contributed by atoms with Gasteiger partial charge in [0.25, 0.3) is 5.91 Å². The van der Waals surface area contributed by atoms with Crippen LogP contribution in [0.25, 0.3) is 0 Å². The third kappa shape index (κ3) is 3.85. The van der Waals surface area contributed by atoms with Gasteiger partial charge in [0.2, 0.25) is 0 Å². The quantitative estimate of drug-likeness (QED) is 0.781. The van der Waals surface area contributed by atoms with Crippen molar-refractivity contribution >= 4 is 33.2 Å². The summed E-state index contributed by atoms with van der Waals surface area (Å²) in [6.45, 7) is 4.36. The van der Waals surface area contributed by atoms with Crippen molar-refractivity contribution in [3.8, 4) is 0 Å². The highest BCUT2D eigenvalue weighted by Gasteiger charge is 2.08. The zero-order valence-corrected chi connectivity index (χ0v) is 13.8. The molecular formula is C17H19BrN2O. The van der Waals surface area contributed by atoms with Crippen molar-refractivity contribution in [2.45, 2.75) is 26.2 Å². The first kappa shape index (κ1) is 15.6. The lowest BCUT2D eigenvalue weighted by Crippen LogP contribution is -2.12. The van der Waals surface area contributed by atoms with Gasteiger partial charge in [-0.3, -0.25) is 4.79 Å². The van der Waals surface area contributed by atoms with Gasteiger partial charge in [-0.05, 0) is 64.2 Å². The molecule has 0 saturated heterocycles. The molecule has 2 aromatic rings. The van der Waals surface area contributed by atoms with Gasteiger partial charge in [-0.15, -0.1) is 0 Å². The van der Waals surface area contributed by atoms with E-state index in [2.05, 4.69) is 47.2 Å². The molecule has 0 radical (unpaired) electrons. The van der Waals surface area contributed by atoms with Gasteiger partial charge in [0.05, 0.1) is 0 Å². The zero-order chi connectivity index (χ0) is 15.4. The van der Waals surface area contributed by atoms with Crippen molar-refractivity contribution < 1.29 is 4.79 Å². The number of nitrogen functional groups attached to an aromatic ring is 1. The fourth-order valence-electron chi connectivity index (χ4n) is 2.00. The predicted molar refractivity (Wildman–Crippen MR) is 91.7 cm³/mol. The molecule has 0 aromatic heterocycles. The maximum Gasteiger partial charge on any atom is 0.255 e. The van der Waals surface area contributed by atoms with Crippen LogP contribution in [0.1, 0.15) is 42.1 Å². The summed E-state index contributed by atoms with van der Waals surface area (Å²) in [6, 6.07) is 13.1. The summed E-state index contributed by atoms with van der Waals surface area (Å²) in [4.78, 5) is 12.2. The number of carbonyl (C=O) groups is 1. The lowest BCUT2D eigenvalue weighted by molar-refractivity contribution is 0.102. The maximum atomic E-state index is 12.2. The summed E-state index contributed by atoms with van der Waals surface area (Å²) in [7, 11) is 0. The van der Waals surface area contributed by atoms with Gasteiger partial charge in [-0.1, -0.05) is 26.0 Å². The van der Waals surface area contributed by atoms with Gasteiger partial charge < -0.3 is 11.1 Å². The summed E-state index contributed by atoms with van der Waals surface area (Å²) >= 11 is 3.33. The van der Waals surface area contributed by atoms with Crippen LogP contribution in [0.4, 0.5) is 11.4 Å². The Balaban J connectivity index is 2.10. The standard InChI is InChI=1S/C17H19BrN2O/c1-3-11(2)12-4-7-14(8-5-12)20-17(21)13-6-9-16(19)15(18)10-13/h4-11H,3,19H2,1-2H3,(H,20,21).